The minimum Gasteiger partial charge on any atom is -0.507 e. The molecule has 103 heavy (non-hydrogen) atoms. The van der Waals surface area contributed by atoms with E-state index in [1.165, 1.54) is 67.6 Å². The van der Waals surface area contributed by atoms with E-state index in [1.807, 2.05) is 6.92 Å². The Balaban J connectivity index is 0.991. The molecule has 0 aliphatic rings. The minimum atomic E-state index is -5.40. The first kappa shape index (κ1) is 74.9. The lowest BCUT2D eigenvalue weighted by Gasteiger charge is -2.14. The second-order valence-corrected chi connectivity index (χ2v) is 30.3. The number of ether oxygens (including phenoxy) is 1. The van der Waals surface area contributed by atoms with Gasteiger partial charge in [-0.25, -0.2) is 0 Å². The molecule has 0 atom stereocenters. The van der Waals surface area contributed by atoms with Crippen LogP contribution in [0.5, 0.6) is 28.7 Å². The third kappa shape index (κ3) is 16.4. The molecule has 0 aliphatic heterocycles. The summed E-state index contributed by atoms with van der Waals surface area (Å²) in [6, 6.07) is 21.1. The topological polar surface area (TPSA) is 604 Å². The van der Waals surface area contributed by atoms with Crippen LogP contribution < -0.4 is 15.4 Å². The zero-order valence-corrected chi connectivity index (χ0v) is 57.3. The normalized spacial score (nSPS) is 13.0. The van der Waals surface area contributed by atoms with Gasteiger partial charge < -0.3 is 46.0 Å². The van der Waals surface area contributed by atoms with Gasteiger partial charge in [-0.1, -0.05) is 6.92 Å². The van der Waals surface area contributed by atoms with Crippen LogP contribution in [0.2, 0.25) is 0 Å². The highest BCUT2D eigenvalue weighted by molar-refractivity contribution is 7.87. The quantitative estimate of drug-likeness (QED) is 0.0187. The number of fused-ring (bicyclic) bond motifs is 4. The number of aliphatic hydroxyl groups is 2. The second-order valence-electron chi connectivity index (χ2n) is 21.9. The molecule has 0 radical (unpaired) electrons. The summed E-state index contributed by atoms with van der Waals surface area (Å²) in [5.41, 5.74) is -3.88. The van der Waals surface area contributed by atoms with Crippen LogP contribution in [0.3, 0.4) is 0 Å². The lowest BCUT2D eigenvalue weighted by atomic mass is 10.0. The summed E-state index contributed by atoms with van der Waals surface area (Å²) >= 11 is 0. The number of aromatic hydroxyl groups is 4. The SMILES string of the molecule is CCCNc1ccc(S(=O)(=O)O)c(N=Nc2c(S(=O)(=O)O)cc3cc(N=Nc4c(S(=O)(=O)O)cc5c(N=Nc6ccc7c(O)c(N=Nc8cc(C)c(N=Nc9cc(S(=O)(=O)O)cc%10cc(S(=O)(=O)O)cc(O)c9%10)cc8OCCO)c(S(=O)(=O)O)cc7c6)c(NCCO)ccc5c4O)ccc3c2O)c1. The molecule has 10 rings (SSSR count). The smallest absolute Gasteiger partial charge is 0.296 e. The summed E-state index contributed by atoms with van der Waals surface area (Å²) in [4.78, 5) is -5.55. The van der Waals surface area contributed by atoms with E-state index in [-0.39, 0.29) is 95.1 Å². The molecule has 10 aromatic rings. The van der Waals surface area contributed by atoms with Crippen molar-refractivity contribution >= 4 is 172 Å². The van der Waals surface area contributed by atoms with Crippen molar-refractivity contribution in [3.8, 4) is 28.7 Å². The molecule has 0 bridgehead atoms. The lowest BCUT2D eigenvalue weighted by Crippen LogP contribution is -2.05. The van der Waals surface area contributed by atoms with Crippen LogP contribution in [-0.4, -0.2) is 141 Å². The third-order valence-corrected chi connectivity index (χ3v) is 20.0. The zero-order chi connectivity index (χ0) is 75.1. The summed E-state index contributed by atoms with van der Waals surface area (Å²) in [6.07, 6.45) is 0.650. The predicted octanol–water partition coefficient (Wildman–Crippen LogP) is 12.6. The van der Waals surface area contributed by atoms with Gasteiger partial charge in [-0.3, -0.25) is 27.3 Å². The Bertz CT molecular complexity index is 6100. The number of aryl methyl sites for hydroxylation is 1. The molecule has 14 N–H and O–H groups in total. The Kier molecular flexibility index (Phi) is 21.0. The number of hydrogen-bond acceptors (Lipinski definition) is 31. The van der Waals surface area contributed by atoms with Crippen molar-refractivity contribution in [3.63, 3.8) is 0 Å². The van der Waals surface area contributed by atoms with Gasteiger partial charge in [0, 0.05) is 52.5 Å². The van der Waals surface area contributed by atoms with Gasteiger partial charge in [-0.2, -0.15) is 65.8 Å². The average Bonchev–Trinajstić information content (AvgIpc) is 0.777. The first-order valence-electron chi connectivity index (χ1n) is 29.1. The summed E-state index contributed by atoms with van der Waals surface area (Å²) < 4.78 is 217. The van der Waals surface area contributed by atoms with E-state index in [0.717, 1.165) is 54.6 Å². The number of hydrogen-bond donors (Lipinski definition) is 14. The van der Waals surface area contributed by atoms with Gasteiger partial charge in [0.15, 0.2) is 17.2 Å². The molecule has 0 heterocycles. The number of rotatable bonds is 25. The van der Waals surface area contributed by atoms with E-state index in [1.54, 1.807) is 0 Å². The van der Waals surface area contributed by atoms with Crippen molar-refractivity contribution in [2.45, 2.75) is 49.6 Å². The van der Waals surface area contributed by atoms with E-state index in [9.17, 15) is 108 Å². The van der Waals surface area contributed by atoms with Gasteiger partial charge >= 0.3 is 0 Å². The van der Waals surface area contributed by atoms with Crippen LogP contribution in [0, 0.1) is 6.92 Å². The van der Waals surface area contributed by atoms with Crippen molar-refractivity contribution in [3.05, 3.63) is 127 Å². The molecule has 538 valence electrons. The van der Waals surface area contributed by atoms with E-state index < -0.39 is 161 Å². The molecule has 0 aliphatic carbocycles. The highest BCUT2D eigenvalue weighted by Crippen LogP contribution is 2.50. The summed E-state index contributed by atoms with van der Waals surface area (Å²) in [7, 11) is -30.9. The van der Waals surface area contributed by atoms with E-state index in [4.69, 9.17) is 4.74 Å². The van der Waals surface area contributed by atoms with Crippen molar-refractivity contribution in [1.82, 2.24) is 0 Å². The molecule has 43 heteroatoms. The number of anilines is 2. The van der Waals surface area contributed by atoms with Crippen LogP contribution in [0.15, 0.2) is 202 Å². The van der Waals surface area contributed by atoms with Gasteiger partial charge in [0.05, 0.1) is 56.8 Å². The van der Waals surface area contributed by atoms with Gasteiger partial charge in [0.1, 0.15) is 71.8 Å². The molecular formula is C60H52N12O25S6. The van der Waals surface area contributed by atoms with Gasteiger partial charge in [-0.05, 0) is 144 Å². The van der Waals surface area contributed by atoms with Crippen molar-refractivity contribution in [2.24, 2.45) is 51.1 Å². The van der Waals surface area contributed by atoms with Crippen LogP contribution in [0.4, 0.5) is 68.2 Å². The highest BCUT2D eigenvalue weighted by atomic mass is 32.2. The number of benzene rings is 10. The number of azo groups is 5. The van der Waals surface area contributed by atoms with Crippen LogP contribution in [0.25, 0.3) is 43.1 Å². The third-order valence-electron chi connectivity index (χ3n) is 14.8. The van der Waals surface area contributed by atoms with Crippen LogP contribution in [-0.2, 0) is 60.7 Å². The molecule has 0 amide bonds. The maximum absolute atomic E-state index is 13.2. The van der Waals surface area contributed by atoms with Crippen LogP contribution in [0.1, 0.15) is 18.9 Å². The molecular weight excluding hydrogens is 1480 g/mol. The molecule has 37 nitrogen and oxygen atoms in total. The second kappa shape index (κ2) is 28.9. The monoisotopic (exact) mass is 1530 g/mol. The molecule has 0 saturated heterocycles. The fraction of sp³-hybridized carbons (Fsp3) is 0.133. The number of phenolic OH excluding ortho intramolecular Hbond substituents is 4. The van der Waals surface area contributed by atoms with Gasteiger partial charge in [0.2, 0.25) is 0 Å². The lowest BCUT2D eigenvalue weighted by molar-refractivity contribution is 0.202. The summed E-state index contributed by atoms with van der Waals surface area (Å²) in [5.74, 6) is -3.77. The molecule has 10 aromatic carbocycles. The zero-order valence-electron chi connectivity index (χ0n) is 52.4. The van der Waals surface area contributed by atoms with Crippen molar-refractivity contribution < 1.29 is 113 Å². The Morgan fingerprint density at radius 1 is 0.388 bits per heavy atom. The number of aliphatic hydroxyl groups excluding tert-OH is 2. The van der Waals surface area contributed by atoms with Crippen molar-refractivity contribution in [1.29, 1.82) is 0 Å². The van der Waals surface area contributed by atoms with E-state index in [2.05, 4.69) is 61.8 Å². The molecule has 0 aromatic heterocycles. The molecule has 0 fully saturated rings. The Labute approximate surface area is 581 Å². The number of phenols is 4. The Morgan fingerprint density at radius 2 is 0.874 bits per heavy atom. The Hall–Kier alpha value is -10.8. The van der Waals surface area contributed by atoms with Gasteiger partial charge in [-0.15, -0.1) is 35.8 Å². The maximum atomic E-state index is 13.2. The maximum Gasteiger partial charge on any atom is 0.296 e. The summed E-state index contributed by atoms with van der Waals surface area (Å²) in [6.45, 7) is 2.12. The summed E-state index contributed by atoms with van der Waals surface area (Å²) in [5, 5.41) is 109. The fourth-order valence-corrected chi connectivity index (χ4v) is 13.8. The average molecular weight is 1530 g/mol. The van der Waals surface area contributed by atoms with Crippen molar-refractivity contribution in [2.75, 3.05) is 43.5 Å². The largest absolute Gasteiger partial charge is 0.507 e. The van der Waals surface area contributed by atoms with Gasteiger partial charge in [0.25, 0.3) is 60.7 Å². The first-order chi connectivity index (χ1) is 48.3. The first-order valence-corrected chi connectivity index (χ1v) is 37.7. The fourth-order valence-electron chi connectivity index (χ4n) is 10.2. The molecule has 0 spiro atoms. The molecule has 0 unspecified atom stereocenters. The highest BCUT2D eigenvalue weighted by Gasteiger charge is 2.29. The number of nitrogens with one attached hydrogen (secondary N) is 2. The predicted molar refractivity (Wildman–Crippen MR) is 367 cm³/mol. The molecule has 0 saturated carbocycles. The minimum absolute atomic E-state index is 0.0341. The Morgan fingerprint density at radius 3 is 1.40 bits per heavy atom. The standard InChI is InChI=1S/C60H52N12O25S6/c1-3-12-61-33-6-11-49(100(85,86)87)45(24-33)67-72-56-51(102(91,92)93)23-31-19-35(5-8-39(31)59(56)77)64-70-57-52(103(94,95)96)27-41-40(60(57)78)9-10-42(62-13-14-73)54(41)69-63-34-4-7-38-30(18-34)22-50(101(88,89)90)55(58(38)76)71-66-44-17-29(2)43(28-48(44)97-16-15-74)65-68-46-25-36(98(79,80)81)20-32-21-37(99(82,83)84)26-47(75)53(32)46/h4-11,17-28,61-62,73-78H,3,12-16H2,1-2H3,(H,79,80,81)(H,82,83,84)(H,85,86,87)(H,88,89,90)(H,91,92,93)(H,94,95,96). The van der Waals surface area contributed by atoms with E-state index in [0.29, 0.717) is 24.7 Å². The number of nitrogens with zero attached hydrogens (tertiary/aromatic N) is 10. The van der Waals surface area contributed by atoms with E-state index >= 15 is 0 Å². The van der Waals surface area contributed by atoms with Crippen LogP contribution >= 0.6 is 0 Å².